The first-order chi connectivity index (χ1) is 13.5. The van der Waals surface area contributed by atoms with E-state index < -0.39 is 5.82 Å². The molecule has 1 unspecified atom stereocenters. The summed E-state index contributed by atoms with van der Waals surface area (Å²) in [7, 11) is 1.68. The predicted octanol–water partition coefficient (Wildman–Crippen LogP) is 1.71. The lowest BCUT2D eigenvalue weighted by Gasteiger charge is -2.33. The molecule has 1 aromatic carbocycles. The molecule has 1 atom stereocenters. The predicted molar refractivity (Wildman–Crippen MR) is 106 cm³/mol. The molecule has 1 heterocycles. The Morgan fingerprint density at radius 3 is 2.75 bits per heavy atom. The topological polar surface area (TPSA) is 83.0 Å². The van der Waals surface area contributed by atoms with Crippen molar-refractivity contribution >= 4 is 17.8 Å². The third-order valence-corrected chi connectivity index (χ3v) is 4.68. The zero-order valence-corrected chi connectivity index (χ0v) is 16.8. The third-order valence-electron chi connectivity index (χ3n) is 4.68. The highest BCUT2D eigenvalue weighted by atomic mass is 19.1. The van der Waals surface area contributed by atoms with Gasteiger partial charge in [0.25, 0.3) is 5.91 Å². The number of piperidine rings is 1. The Morgan fingerprint density at radius 2 is 2.07 bits per heavy atom. The van der Waals surface area contributed by atoms with Crippen molar-refractivity contribution in [3.8, 4) is 0 Å². The van der Waals surface area contributed by atoms with Crippen LogP contribution in [-0.4, -0.2) is 62.6 Å². The minimum absolute atomic E-state index is 0.150. The van der Waals surface area contributed by atoms with Gasteiger partial charge in [-0.25, -0.2) is 4.39 Å². The van der Waals surface area contributed by atoms with Gasteiger partial charge in [0.2, 0.25) is 0 Å². The second-order valence-corrected chi connectivity index (χ2v) is 6.73. The molecule has 1 aliphatic heterocycles. The molecule has 1 amide bonds. The number of esters is 1. The van der Waals surface area contributed by atoms with E-state index in [-0.39, 0.29) is 17.8 Å². The summed E-state index contributed by atoms with van der Waals surface area (Å²) in [4.78, 5) is 30.4. The minimum Gasteiger partial charge on any atom is -0.466 e. The highest BCUT2D eigenvalue weighted by Crippen LogP contribution is 2.18. The molecule has 0 aromatic heterocycles. The molecule has 0 spiro atoms. The number of guanidine groups is 1. The summed E-state index contributed by atoms with van der Waals surface area (Å²) >= 11 is 0. The number of likely N-dealkylation sites (tertiary alicyclic amines) is 1. The fraction of sp³-hybridized carbons (Fsp3) is 0.550. The van der Waals surface area contributed by atoms with Crippen LogP contribution in [0, 0.1) is 18.7 Å². The number of hydrogen-bond acceptors (Lipinski definition) is 4. The zero-order chi connectivity index (χ0) is 20.5. The number of carbonyl (C=O) groups is 2. The van der Waals surface area contributed by atoms with E-state index in [4.69, 9.17) is 4.74 Å². The summed E-state index contributed by atoms with van der Waals surface area (Å²) in [5, 5.41) is 5.95. The van der Waals surface area contributed by atoms with Crippen LogP contribution in [0.25, 0.3) is 0 Å². The van der Waals surface area contributed by atoms with Crippen LogP contribution in [0.15, 0.2) is 23.2 Å². The second kappa shape index (κ2) is 10.6. The second-order valence-electron chi connectivity index (χ2n) is 6.73. The molecule has 1 saturated heterocycles. The maximum absolute atomic E-state index is 13.6. The molecule has 2 N–H and O–H groups in total. The largest absolute Gasteiger partial charge is 0.466 e. The van der Waals surface area contributed by atoms with Gasteiger partial charge in [-0.1, -0.05) is 6.07 Å². The van der Waals surface area contributed by atoms with E-state index in [1.165, 1.54) is 6.07 Å². The summed E-state index contributed by atoms with van der Waals surface area (Å²) < 4.78 is 18.7. The Kier molecular flexibility index (Phi) is 8.22. The van der Waals surface area contributed by atoms with Gasteiger partial charge in [0.1, 0.15) is 5.82 Å². The molecule has 7 nitrogen and oxygen atoms in total. The molecule has 0 saturated carbocycles. The molecule has 8 heteroatoms. The number of nitrogens with zero attached hydrogens (tertiary/aromatic N) is 2. The first-order valence-corrected chi connectivity index (χ1v) is 9.62. The van der Waals surface area contributed by atoms with Gasteiger partial charge in [0, 0.05) is 38.8 Å². The monoisotopic (exact) mass is 392 g/mol. The number of halogens is 1. The van der Waals surface area contributed by atoms with Crippen molar-refractivity contribution in [2.45, 2.75) is 26.7 Å². The van der Waals surface area contributed by atoms with Crippen molar-refractivity contribution in [2.24, 2.45) is 10.9 Å². The lowest BCUT2D eigenvalue weighted by Crippen LogP contribution is -2.49. The Hall–Kier alpha value is -2.64. The number of nitrogens with one attached hydrogen (secondary N) is 2. The number of rotatable bonds is 6. The van der Waals surface area contributed by atoms with Crippen LogP contribution in [0.3, 0.4) is 0 Å². The average Bonchev–Trinajstić information content (AvgIpc) is 2.70. The van der Waals surface area contributed by atoms with Gasteiger partial charge in [-0.15, -0.1) is 0 Å². The fourth-order valence-corrected chi connectivity index (χ4v) is 3.14. The number of amides is 1. The Balaban J connectivity index is 1.79. The summed E-state index contributed by atoms with van der Waals surface area (Å²) in [6, 6.07) is 4.42. The zero-order valence-electron chi connectivity index (χ0n) is 16.8. The molecule has 0 bridgehead atoms. The average molecular weight is 392 g/mol. The number of benzene rings is 1. The van der Waals surface area contributed by atoms with Gasteiger partial charge in [-0.2, -0.15) is 0 Å². The normalized spacial score (nSPS) is 17.2. The molecular formula is C20H29FN4O3. The maximum atomic E-state index is 13.6. The molecule has 28 heavy (non-hydrogen) atoms. The van der Waals surface area contributed by atoms with Gasteiger partial charge in [-0.3, -0.25) is 14.6 Å². The molecule has 2 rings (SSSR count). The lowest BCUT2D eigenvalue weighted by molar-refractivity contribution is -0.149. The van der Waals surface area contributed by atoms with E-state index in [2.05, 4.69) is 15.6 Å². The highest BCUT2D eigenvalue weighted by Gasteiger charge is 2.28. The van der Waals surface area contributed by atoms with Crippen molar-refractivity contribution in [3.05, 3.63) is 35.1 Å². The summed E-state index contributed by atoms with van der Waals surface area (Å²) in [6.07, 6.45) is 1.70. The van der Waals surface area contributed by atoms with E-state index in [1.807, 2.05) is 4.90 Å². The number of carbonyl (C=O) groups excluding carboxylic acids is 2. The van der Waals surface area contributed by atoms with Crippen LogP contribution in [0.4, 0.5) is 4.39 Å². The van der Waals surface area contributed by atoms with Gasteiger partial charge in [0.15, 0.2) is 5.96 Å². The van der Waals surface area contributed by atoms with E-state index in [0.717, 1.165) is 19.4 Å². The van der Waals surface area contributed by atoms with Crippen molar-refractivity contribution < 1.29 is 18.7 Å². The Bertz CT molecular complexity index is 723. The van der Waals surface area contributed by atoms with E-state index in [1.54, 1.807) is 33.0 Å². The lowest BCUT2D eigenvalue weighted by atomic mass is 9.98. The van der Waals surface area contributed by atoms with E-state index in [9.17, 15) is 14.0 Å². The first kappa shape index (κ1) is 21.7. The van der Waals surface area contributed by atoms with Crippen LogP contribution in [0.2, 0.25) is 0 Å². The first-order valence-electron chi connectivity index (χ1n) is 9.62. The molecule has 154 valence electrons. The van der Waals surface area contributed by atoms with Gasteiger partial charge in [0.05, 0.1) is 12.5 Å². The van der Waals surface area contributed by atoms with Crippen molar-refractivity contribution in [1.82, 2.24) is 15.5 Å². The highest BCUT2D eigenvalue weighted by molar-refractivity contribution is 5.94. The molecular weight excluding hydrogens is 363 g/mol. The van der Waals surface area contributed by atoms with E-state index in [0.29, 0.717) is 43.3 Å². The maximum Gasteiger partial charge on any atom is 0.310 e. The van der Waals surface area contributed by atoms with Gasteiger partial charge >= 0.3 is 5.97 Å². The van der Waals surface area contributed by atoms with Gasteiger partial charge in [-0.05, 0) is 44.4 Å². The number of aryl methyl sites for hydroxylation is 1. The van der Waals surface area contributed by atoms with Crippen LogP contribution < -0.4 is 10.6 Å². The van der Waals surface area contributed by atoms with Crippen LogP contribution in [0.1, 0.15) is 35.7 Å². The van der Waals surface area contributed by atoms with Crippen LogP contribution in [-0.2, 0) is 9.53 Å². The molecule has 1 fully saturated rings. The minimum atomic E-state index is -0.396. The molecule has 1 aliphatic rings. The van der Waals surface area contributed by atoms with Crippen molar-refractivity contribution in [3.63, 3.8) is 0 Å². The smallest absolute Gasteiger partial charge is 0.310 e. The summed E-state index contributed by atoms with van der Waals surface area (Å²) in [5.41, 5.74) is 0.797. The quantitative estimate of drug-likeness (QED) is 0.333. The molecule has 1 aromatic rings. The Labute approximate surface area is 165 Å². The fourth-order valence-electron chi connectivity index (χ4n) is 3.14. The van der Waals surface area contributed by atoms with Crippen LogP contribution >= 0.6 is 0 Å². The number of aliphatic imine (C=N–C) groups is 1. The van der Waals surface area contributed by atoms with Crippen molar-refractivity contribution in [1.29, 1.82) is 0 Å². The Morgan fingerprint density at radius 1 is 1.32 bits per heavy atom. The number of hydrogen-bond donors (Lipinski definition) is 2. The molecule has 0 aliphatic carbocycles. The van der Waals surface area contributed by atoms with Gasteiger partial charge < -0.3 is 20.3 Å². The third kappa shape index (κ3) is 5.94. The standard InChI is InChI=1S/C20H29FN4O3/c1-4-28-19(27)16-6-5-11-25(13-16)20(22-3)24-10-9-23-18(26)15-8-7-14(2)17(21)12-15/h7-8,12,16H,4-6,9-11,13H2,1-3H3,(H,22,24)(H,23,26). The summed E-state index contributed by atoms with van der Waals surface area (Å²) in [5.74, 6) is -0.350. The van der Waals surface area contributed by atoms with Crippen molar-refractivity contribution in [2.75, 3.05) is 39.8 Å². The summed E-state index contributed by atoms with van der Waals surface area (Å²) in [6.45, 7) is 6.04. The van der Waals surface area contributed by atoms with E-state index >= 15 is 0 Å². The SMILES string of the molecule is CCOC(=O)C1CCCN(C(=NC)NCCNC(=O)c2ccc(C)c(F)c2)C1. The molecule has 0 radical (unpaired) electrons. The van der Waals surface area contributed by atoms with Crippen LogP contribution in [0.5, 0.6) is 0 Å². The number of ether oxygens (including phenoxy) is 1.